The van der Waals surface area contributed by atoms with Gasteiger partial charge < -0.3 is 15.1 Å². The molecule has 1 unspecified atom stereocenters. The minimum Gasteiger partial charge on any atom is -0.313 e. The van der Waals surface area contributed by atoms with E-state index in [4.69, 9.17) is 0 Å². The summed E-state index contributed by atoms with van der Waals surface area (Å²) in [5, 5.41) is 3.55. The van der Waals surface area contributed by atoms with Crippen molar-refractivity contribution in [2.75, 3.05) is 46.8 Å². The summed E-state index contributed by atoms with van der Waals surface area (Å²) in [4.78, 5) is 4.82. The second-order valence-electron chi connectivity index (χ2n) is 4.96. The SMILES string of the molecule is CCCNC(C)CN(CCC)CCN(C)C. The van der Waals surface area contributed by atoms with Gasteiger partial charge in [0.05, 0.1) is 0 Å². The van der Waals surface area contributed by atoms with E-state index < -0.39 is 0 Å². The number of likely N-dealkylation sites (N-methyl/N-ethyl adjacent to an activating group) is 1. The summed E-state index contributed by atoms with van der Waals surface area (Å²) < 4.78 is 0. The molecule has 0 heterocycles. The van der Waals surface area contributed by atoms with Crippen molar-refractivity contribution < 1.29 is 0 Å². The van der Waals surface area contributed by atoms with Gasteiger partial charge in [-0.05, 0) is 47.0 Å². The summed E-state index contributed by atoms with van der Waals surface area (Å²) in [6, 6.07) is 0.605. The zero-order valence-corrected chi connectivity index (χ0v) is 11.9. The number of nitrogens with zero attached hydrogens (tertiary/aromatic N) is 2. The van der Waals surface area contributed by atoms with Gasteiger partial charge in [0.1, 0.15) is 0 Å². The highest BCUT2D eigenvalue weighted by atomic mass is 15.2. The zero-order valence-electron chi connectivity index (χ0n) is 11.9. The Labute approximate surface area is 102 Å². The number of hydrogen-bond donors (Lipinski definition) is 1. The molecule has 0 saturated heterocycles. The first-order valence-corrected chi connectivity index (χ1v) is 6.70. The molecule has 0 rings (SSSR count). The topological polar surface area (TPSA) is 18.5 Å². The van der Waals surface area contributed by atoms with Crippen LogP contribution in [0.2, 0.25) is 0 Å². The van der Waals surface area contributed by atoms with Crippen LogP contribution in [0, 0.1) is 0 Å². The smallest absolute Gasteiger partial charge is 0.0166 e. The molecule has 16 heavy (non-hydrogen) atoms. The molecule has 0 radical (unpaired) electrons. The fraction of sp³-hybridized carbons (Fsp3) is 1.00. The van der Waals surface area contributed by atoms with Gasteiger partial charge >= 0.3 is 0 Å². The fourth-order valence-electron chi connectivity index (χ4n) is 1.79. The van der Waals surface area contributed by atoms with Crippen molar-refractivity contribution in [3.05, 3.63) is 0 Å². The van der Waals surface area contributed by atoms with Crippen molar-refractivity contribution in [2.45, 2.75) is 39.7 Å². The maximum Gasteiger partial charge on any atom is 0.0166 e. The second kappa shape index (κ2) is 10.1. The molecule has 0 saturated carbocycles. The molecule has 0 bridgehead atoms. The Kier molecular flexibility index (Phi) is 9.99. The number of hydrogen-bond acceptors (Lipinski definition) is 3. The van der Waals surface area contributed by atoms with Gasteiger partial charge in [0, 0.05) is 25.7 Å². The van der Waals surface area contributed by atoms with E-state index >= 15 is 0 Å². The summed E-state index contributed by atoms with van der Waals surface area (Å²) in [5.41, 5.74) is 0. The van der Waals surface area contributed by atoms with Crippen LogP contribution in [-0.2, 0) is 0 Å². The number of rotatable bonds is 10. The average molecular weight is 229 g/mol. The first-order chi connectivity index (χ1) is 7.60. The normalized spacial score (nSPS) is 13.7. The van der Waals surface area contributed by atoms with E-state index in [-0.39, 0.29) is 0 Å². The highest BCUT2D eigenvalue weighted by Crippen LogP contribution is 1.95. The maximum atomic E-state index is 3.55. The monoisotopic (exact) mass is 229 g/mol. The van der Waals surface area contributed by atoms with Crippen LogP contribution in [0.4, 0.5) is 0 Å². The van der Waals surface area contributed by atoms with E-state index in [0.29, 0.717) is 6.04 Å². The van der Waals surface area contributed by atoms with E-state index in [2.05, 4.69) is 50.0 Å². The highest BCUT2D eigenvalue weighted by molar-refractivity contribution is 4.68. The van der Waals surface area contributed by atoms with E-state index in [0.717, 1.165) is 13.1 Å². The molecule has 0 aromatic rings. The average Bonchev–Trinajstić information content (AvgIpc) is 2.23. The first kappa shape index (κ1) is 15.9. The van der Waals surface area contributed by atoms with Gasteiger partial charge in [-0.15, -0.1) is 0 Å². The fourth-order valence-corrected chi connectivity index (χ4v) is 1.79. The van der Waals surface area contributed by atoms with Crippen molar-refractivity contribution in [3.63, 3.8) is 0 Å². The van der Waals surface area contributed by atoms with Crippen LogP contribution in [0.3, 0.4) is 0 Å². The van der Waals surface area contributed by atoms with E-state index in [1.54, 1.807) is 0 Å². The van der Waals surface area contributed by atoms with Gasteiger partial charge in [0.15, 0.2) is 0 Å². The molecule has 0 aromatic carbocycles. The standard InChI is InChI=1S/C13H31N3/c1-6-8-14-13(3)12-16(9-7-2)11-10-15(4)5/h13-14H,6-12H2,1-5H3. The van der Waals surface area contributed by atoms with Crippen molar-refractivity contribution in [1.82, 2.24) is 15.1 Å². The van der Waals surface area contributed by atoms with Gasteiger partial charge in [-0.2, -0.15) is 0 Å². The molecule has 98 valence electrons. The molecular weight excluding hydrogens is 198 g/mol. The van der Waals surface area contributed by atoms with Gasteiger partial charge in [-0.25, -0.2) is 0 Å². The Morgan fingerprint density at radius 3 is 2.19 bits per heavy atom. The predicted octanol–water partition coefficient (Wildman–Crippen LogP) is 1.65. The summed E-state index contributed by atoms with van der Waals surface area (Å²) >= 11 is 0. The van der Waals surface area contributed by atoms with E-state index in [9.17, 15) is 0 Å². The highest BCUT2D eigenvalue weighted by Gasteiger charge is 2.08. The van der Waals surface area contributed by atoms with Crippen LogP contribution < -0.4 is 5.32 Å². The van der Waals surface area contributed by atoms with Crippen molar-refractivity contribution in [1.29, 1.82) is 0 Å². The Morgan fingerprint density at radius 1 is 1.00 bits per heavy atom. The zero-order chi connectivity index (χ0) is 12.4. The van der Waals surface area contributed by atoms with Crippen LogP contribution in [-0.4, -0.2) is 62.7 Å². The molecule has 3 heteroatoms. The van der Waals surface area contributed by atoms with Crippen molar-refractivity contribution in [3.8, 4) is 0 Å². The largest absolute Gasteiger partial charge is 0.313 e. The third-order valence-electron chi connectivity index (χ3n) is 2.68. The minimum absolute atomic E-state index is 0.605. The lowest BCUT2D eigenvalue weighted by atomic mass is 10.2. The molecule has 0 amide bonds. The Hall–Kier alpha value is -0.120. The summed E-state index contributed by atoms with van der Waals surface area (Å²) in [6.07, 6.45) is 2.46. The maximum absolute atomic E-state index is 3.55. The lowest BCUT2D eigenvalue weighted by Gasteiger charge is -2.27. The van der Waals surface area contributed by atoms with Gasteiger partial charge in [-0.1, -0.05) is 13.8 Å². The quantitative estimate of drug-likeness (QED) is 0.614. The molecule has 0 aliphatic carbocycles. The van der Waals surface area contributed by atoms with Crippen LogP contribution in [0.25, 0.3) is 0 Å². The molecule has 0 aromatic heterocycles. The molecule has 1 N–H and O–H groups in total. The lowest BCUT2D eigenvalue weighted by molar-refractivity contribution is 0.222. The Balaban J connectivity index is 3.81. The lowest BCUT2D eigenvalue weighted by Crippen LogP contribution is -2.42. The van der Waals surface area contributed by atoms with Crippen LogP contribution >= 0.6 is 0 Å². The molecule has 1 atom stereocenters. The van der Waals surface area contributed by atoms with Crippen LogP contribution in [0.15, 0.2) is 0 Å². The summed E-state index contributed by atoms with van der Waals surface area (Å²) in [7, 11) is 4.28. The molecule has 0 aliphatic rings. The molecular formula is C13H31N3. The number of nitrogens with one attached hydrogen (secondary N) is 1. The third kappa shape index (κ3) is 9.13. The van der Waals surface area contributed by atoms with Crippen molar-refractivity contribution >= 4 is 0 Å². The Bertz CT molecular complexity index is 148. The summed E-state index contributed by atoms with van der Waals surface area (Å²) in [5.74, 6) is 0. The second-order valence-corrected chi connectivity index (χ2v) is 4.96. The molecule has 0 aliphatic heterocycles. The van der Waals surface area contributed by atoms with Gasteiger partial charge in [0.25, 0.3) is 0 Å². The molecule has 0 fully saturated rings. The van der Waals surface area contributed by atoms with Crippen LogP contribution in [0.5, 0.6) is 0 Å². The van der Waals surface area contributed by atoms with Crippen molar-refractivity contribution in [2.24, 2.45) is 0 Å². The molecule has 3 nitrogen and oxygen atoms in total. The van der Waals surface area contributed by atoms with Gasteiger partial charge in [-0.3, -0.25) is 0 Å². The van der Waals surface area contributed by atoms with Gasteiger partial charge in [0.2, 0.25) is 0 Å². The van der Waals surface area contributed by atoms with Crippen LogP contribution in [0.1, 0.15) is 33.6 Å². The first-order valence-electron chi connectivity index (χ1n) is 6.70. The predicted molar refractivity (Wildman–Crippen MR) is 73.0 cm³/mol. The summed E-state index contributed by atoms with van der Waals surface area (Å²) in [6.45, 7) is 12.6. The Morgan fingerprint density at radius 2 is 1.69 bits per heavy atom. The minimum atomic E-state index is 0.605. The van der Waals surface area contributed by atoms with E-state index in [1.807, 2.05) is 0 Å². The third-order valence-corrected chi connectivity index (χ3v) is 2.68. The van der Waals surface area contributed by atoms with E-state index in [1.165, 1.54) is 32.5 Å². The molecule has 0 spiro atoms.